The molecule has 0 aliphatic carbocycles. The van der Waals surface area contributed by atoms with Gasteiger partial charge in [0.25, 0.3) is 0 Å². The van der Waals surface area contributed by atoms with Crippen LogP contribution >= 0.6 is 0 Å². The minimum atomic E-state index is 0.262. The van der Waals surface area contributed by atoms with Crippen molar-refractivity contribution in [3.05, 3.63) is 35.9 Å². The Morgan fingerprint density at radius 3 is 2.68 bits per heavy atom. The van der Waals surface area contributed by atoms with Gasteiger partial charge in [0.15, 0.2) is 0 Å². The SMILES string of the molecule is CCC1CNC(C)(C)CN1CCCc1ccccc1. The summed E-state index contributed by atoms with van der Waals surface area (Å²) in [4.78, 5) is 2.68. The maximum Gasteiger partial charge on any atom is 0.0252 e. The third-order valence-corrected chi connectivity index (χ3v) is 4.16. The number of piperazine rings is 1. The van der Waals surface area contributed by atoms with Gasteiger partial charge in [-0.15, -0.1) is 0 Å². The Morgan fingerprint density at radius 2 is 2.00 bits per heavy atom. The van der Waals surface area contributed by atoms with E-state index in [-0.39, 0.29) is 5.54 Å². The van der Waals surface area contributed by atoms with Crippen molar-refractivity contribution in [2.75, 3.05) is 19.6 Å². The topological polar surface area (TPSA) is 15.3 Å². The Morgan fingerprint density at radius 1 is 1.26 bits per heavy atom. The van der Waals surface area contributed by atoms with Crippen LogP contribution in [0.2, 0.25) is 0 Å². The Balaban J connectivity index is 1.82. The molecule has 2 nitrogen and oxygen atoms in total. The summed E-state index contributed by atoms with van der Waals surface area (Å²) in [6.45, 7) is 10.4. The minimum Gasteiger partial charge on any atom is -0.309 e. The first-order valence-electron chi connectivity index (χ1n) is 7.64. The third kappa shape index (κ3) is 4.32. The van der Waals surface area contributed by atoms with E-state index in [0.717, 1.165) is 6.54 Å². The molecule has 1 aliphatic rings. The van der Waals surface area contributed by atoms with Gasteiger partial charge in [0.05, 0.1) is 0 Å². The standard InChI is InChI=1S/C17H28N2/c1-4-16-13-18-17(2,3)14-19(16)12-8-11-15-9-6-5-7-10-15/h5-7,9-10,16,18H,4,8,11-14H2,1-3H3. The Labute approximate surface area is 118 Å². The van der Waals surface area contributed by atoms with Crippen LogP contribution in [0.5, 0.6) is 0 Å². The fourth-order valence-electron chi connectivity index (χ4n) is 3.01. The molecule has 0 aromatic heterocycles. The van der Waals surface area contributed by atoms with Crippen LogP contribution in [-0.2, 0) is 6.42 Å². The summed E-state index contributed by atoms with van der Waals surface area (Å²) in [5.41, 5.74) is 1.73. The van der Waals surface area contributed by atoms with Gasteiger partial charge < -0.3 is 5.32 Å². The minimum absolute atomic E-state index is 0.262. The van der Waals surface area contributed by atoms with E-state index in [1.54, 1.807) is 0 Å². The predicted molar refractivity (Wildman–Crippen MR) is 82.5 cm³/mol. The van der Waals surface area contributed by atoms with Crippen LogP contribution in [0.1, 0.15) is 39.2 Å². The maximum absolute atomic E-state index is 3.66. The van der Waals surface area contributed by atoms with Gasteiger partial charge in [0.1, 0.15) is 0 Å². The summed E-state index contributed by atoms with van der Waals surface area (Å²) in [5.74, 6) is 0. The summed E-state index contributed by atoms with van der Waals surface area (Å²) < 4.78 is 0. The largest absolute Gasteiger partial charge is 0.309 e. The molecule has 1 fully saturated rings. The highest BCUT2D eigenvalue weighted by atomic mass is 15.2. The molecular weight excluding hydrogens is 232 g/mol. The molecule has 19 heavy (non-hydrogen) atoms. The molecule has 1 aromatic carbocycles. The third-order valence-electron chi connectivity index (χ3n) is 4.16. The molecule has 1 unspecified atom stereocenters. The number of hydrogen-bond acceptors (Lipinski definition) is 2. The highest BCUT2D eigenvalue weighted by molar-refractivity contribution is 5.14. The van der Waals surface area contributed by atoms with Crippen LogP contribution in [0.4, 0.5) is 0 Å². The zero-order valence-electron chi connectivity index (χ0n) is 12.7. The number of rotatable bonds is 5. The van der Waals surface area contributed by atoms with E-state index in [1.165, 1.54) is 37.9 Å². The van der Waals surface area contributed by atoms with Crippen molar-refractivity contribution in [1.29, 1.82) is 0 Å². The summed E-state index contributed by atoms with van der Waals surface area (Å²) in [5, 5.41) is 3.66. The molecule has 0 radical (unpaired) electrons. The summed E-state index contributed by atoms with van der Waals surface area (Å²) in [7, 11) is 0. The maximum atomic E-state index is 3.66. The molecule has 0 spiro atoms. The highest BCUT2D eigenvalue weighted by Gasteiger charge is 2.30. The molecule has 1 N–H and O–H groups in total. The molecule has 106 valence electrons. The van der Waals surface area contributed by atoms with Gasteiger partial charge in [-0.2, -0.15) is 0 Å². The van der Waals surface area contributed by atoms with Gasteiger partial charge in [-0.1, -0.05) is 37.3 Å². The molecule has 0 bridgehead atoms. The van der Waals surface area contributed by atoms with Crippen LogP contribution in [0.15, 0.2) is 30.3 Å². The summed E-state index contributed by atoms with van der Waals surface area (Å²) >= 11 is 0. The summed E-state index contributed by atoms with van der Waals surface area (Å²) in [6, 6.07) is 11.5. The molecule has 1 aromatic rings. The average molecular weight is 260 g/mol. The van der Waals surface area contributed by atoms with Crippen LogP contribution in [0.3, 0.4) is 0 Å². The van der Waals surface area contributed by atoms with Crippen LogP contribution in [0.25, 0.3) is 0 Å². The molecule has 2 rings (SSSR count). The predicted octanol–water partition coefficient (Wildman–Crippen LogP) is 3.08. The molecule has 1 saturated heterocycles. The van der Waals surface area contributed by atoms with Gasteiger partial charge in [0, 0.05) is 24.7 Å². The lowest BCUT2D eigenvalue weighted by molar-refractivity contribution is 0.0917. The van der Waals surface area contributed by atoms with E-state index in [9.17, 15) is 0 Å². The second-order valence-corrected chi connectivity index (χ2v) is 6.39. The average Bonchev–Trinajstić information content (AvgIpc) is 2.39. The highest BCUT2D eigenvalue weighted by Crippen LogP contribution is 2.17. The monoisotopic (exact) mass is 260 g/mol. The van der Waals surface area contributed by atoms with Crippen molar-refractivity contribution >= 4 is 0 Å². The number of hydrogen-bond donors (Lipinski definition) is 1. The zero-order valence-corrected chi connectivity index (χ0v) is 12.7. The molecule has 1 aliphatic heterocycles. The first kappa shape index (κ1) is 14.5. The molecule has 0 saturated carbocycles. The van der Waals surface area contributed by atoms with Crippen molar-refractivity contribution in [3.63, 3.8) is 0 Å². The lowest BCUT2D eigenvalue weighted by Gasteiger charge is -2.44. The quantitative estimate of drug-likeness (QED) is 0.875. The molecule has 1 heterocycles. The number of benzene rings is 1. The fraction of sp³-hybridized carbons (Fsp3) is 0.647. The van der Waals surface area contributed by atoms with Crippen LogP contribution in [0, 0.1) is 0 Å². The normalized spacial score (nSPS) is 23.4. The van der Waals surface area contributed by atoms with E-state index >= 15 is 0 Å². The zero-order chi connectivity index (χ0) is 13.7. The van der Waals surface area contributed by atoms with Crippen molar-refractivity contribution in [3.8, 4) is 0 Å². The second kappa shape index (κ2) is 6.53. The molecule has 2 heteroatoms. The van der Waals surface area contributed by atoms with Gasteiger partial charge >= 0.3 is 0 Å². The molecule has 0 amide bonds. The fourth-order valence-corrected chi connectivity index (χ4v) is 3.01. The van der Waals surface area contributed by atoms with Crippen molar-refractivity contribution < 1.29 is 0 Å². The molecular formula is C17H28N2. The Kier molecular flexibility index (Phi) is 5.00. The smallest absolute Gasteiger partial charge is 0.0252 e. The number of nitrogens with one attached hydrogen (secondary N) is 1. The number of nitrogens with zero attached hydrogens (tertiary/aromatic N) is 1. The van der Waals surface area contributed by atoms with Gasteiger partial charge in [-0.25, -0.2) is 0 Å². The van der Waals surface area contributed by atoms with E-state index in [4.69, 9.17) is 0 Å². The first-order valence-corrected chi connectivity index (χ1v) is 7.64. The second-order valence-electron chi connectivity index (χ2n) is 6.39. The first-order chi connectivity index (χ1) is 9.11. The van der Waals surface area contributed by atoms with Gasteiger partial charge in [-0.3, -0.25) is 4.90 Å². The van der Waals surface area contributed by atoms with Gasteiger partial charge in [-0.05, 0) is 45.2 Å². The lowest BCUT2D eigenvalue weighted by atomic mass is 9.97. The van der Waals surface area contributed by atoms with Crippen LogP contribution < -0.4 is 5.32 Å². The lowest BCUT2D eigenvalue weighted by Crippen LogP contribution is -2.61. The van der Waals surface area contributed by atoms with Crippen molar-refractivity contribution in [1.82, 2.24) is 10.2 Å². The summed E-state index contributed by atoms with van der Waals surface area (Å²) in [6.07, 6.45) is 3.70. The Hall–Kier alpha value is -0.860. The Bertz CT molecular complexity index is 372. The van der Waals surface area contributed by atoms with E-state index < -0.39 is 0 Å². The molecule has 1 atom stereocenters. The van der Waals surface area contributed by atoms with E-state index in [1.807, 2.05) is 0 Å². The van der Waals surface area contributed by atoms with Gasteiger partial charge in [0.2, 0.25) is 0 Å². The van der Waals surface area contributed by atoms with Crippen molar-refractivity contribution in [2.45, 2.75) is 51.6 Å². The number of aryl methyl sites for hydroxylation is 1. The van der Waals surface area contributed by atoms with E-state index in [0.29, 0.717) is 6.04 Å². The van der Waals surface area contributed by atoms with Crippen LogP contribution in [-0.4, -0.2) is 36.1 Å². The van der Waals surface area contributed by atoms with E-state index in [2.05, 4.69) is 61.3 Å². The van der Waals surface area contributed by atoms with Crippen molar-refractivity contribution in [2.24, 2.45) is 0 Å².